The number of sulfonamides is 1. The molecule has 1 aliphatic carbocycles. The van der Waals surface area contributed by atoms with Crippen molar-refractivity contribution in [1.29, 1.82) is 0 Å². The average molecular weight is 297 g/mol. The predicted molar refractivity (Wildman–Crippen MR) is 80.3 cm³/mol. The predicted octanol–water partition coefficient (Wildman–Crippen LogP) is 2.26. The lowest BCUT2D eigenvalue weighted by molar-refractivity contribution is 0.281. The third kappa shape index (κ3) is 4.80. The Morgan fingerprint density at radius 3 is 2.75 bits per heavy atom. The van der Waals surface area contributed by atoms with E-state index in [9.17, 15) is 8.42 Å². The van der Waals surface area contributed by atoms with Crippen LogP contribution >= 0.6 is 0 Å². The highest BCUT2D eigenvalue weighted by Crippen LogP contribution is 2.26. The molecule has 112 valence electrons. The van der Waals surface area contributed by atoms with E-state index < -0.39 is 10.0 Å². The minimum Gasteiger partial charge on any atom is -0.494 e. The molecular weight excluding hydrogens is 274 g/mol. The molecule has 2 rings (SSSR count). The maximum Gasteiger partial charge on any atom is 0.209 e. The first kappa shape index (κ1) is 15.3. The lowest BCUT2D eigenvalue weighted by Crippen LogP contribution is -2.18. The van der Waals surface area contributed by atoms with Gasteiger partial charge in [0.2, 0.25) is 10.0 Å². The van der Waals surface area contributed by atoms with Crippen LogP contribution in [0.3, 0.4) is 0 Å². The standard InChI is InChI=1S/C15H23NO3S/c1-12(8-10-20(16,17)18)7-9-19-15-6-5-13-3-2-4-14(13)11-15/h5-6,11-12H,2-4,7-10H2,1H3,(H2,16,17,18). The average Bonchev–Trinajstić information content (AvgIpc) is 2.83. The maximum absolute atomic E-state index is 10.9. The number of nitrogens with two attached hydrogens (primary N) is 1. The largest absolute Gasteiger partial charge is 0.494 e. The SMILES string of the molecule is CC(CCOc1ccc2c(c1)CCC2)CCS(N)(=O)=O. The molecule has 0 fully saturated rings. The van der Waals surface area contributed by atoms with Gasteiger partial charge >= 0.3 is 0 Å². The Labute approximate surface area is 121 Å². The van der Waals surface area contributed by atoms with Crippen molar-refractivity contribution in [2.75, 3.05) is 12.4 Å². The van der Waals surface area contributed by atoms with Crippen LogP contribution in [0, 0.1) is 5.92 Å². The number of benzene rings is 1. The Morgan fingerprint density at radius 1 is 1.25 bits per heavy atom. The van der Waals surface area contributed by atoms with Crippen LogP contribution in [0.1, 0.15) is 37.3 Å². The summed E-state index contributed by atoms with van der Waals surface area (Å²) < 4.78 is 27.5. The molecule has 1 unspecified atom stereocenters. The topological polar surface area (TPSA) is 69.4 Å². The highest BCUT2D eigenvalue weighted by molar-refractivity contribution is 7.89. The fourth-order valence-corrected chi connectivity index (χ4v) is 3.26. The third-order valence-corrected chi connectivity index (χ3v) is 4.65. The van der Waals surface area contributed by atoms with E-state index in [0.29, 0.717) is 18.9 Å². The number of primary sulfonamides is 1. The van der Waals surface area contributed by atoms with Gasteiger partial charge in [0.15, 0.2) is 0 Å². The van der Waals surface area contributed by atoms with Crippen molar-refractivity contribution in [3.05, 3.63) is 29.3 Å². The van der Waals surface area contributed by atoms with Crippen molar-refractivity contribution in [1.82, 2.24) is 0 Å². The van der Waals surface area contributed by atoms with Gasteiger partial charge in [0.1, 0.15) is 5.75 Å². The van der Waals surface area contributed by atoms with Gasteiger partial charge in [0, 0.05) is 0 Å². The second kappa shape index (κ2) is 6.59. The zero-order chi connectivity index (χ0) is 14.6. The van der Waals surface area contributed by atoms with E-state index in [0.717, 1.165) is 18.6 Å². The van der Waals surface area contributed by atoms with Gasteiger partial charge in [-0.1, -0.05) is 13.0 Å². The molecule has 0 amide bonds. The van der Waals surface area contributed by atoms with Gasteiger partial charge in [-0.25, -0.2) is 13.6 Å². The van der Waals surface area contributed by atoms with Crippen LogP contribution in [0.4, 0.5) is 0 Å². The van der Waals surface area contributed by atoms with Crippen LogP contribution in [0.25, 0.3) is 0 Å². The molecule has 0 radical (unpaired) electrons. The minimum atomic E-state index is -3.34. The first-order valence-electron chi connectivity index (χ1n) is 7.19. The summed E-state index contributed by atoms with van der Waals surface area (Å²) in [5, 5.41) is 5.00. The number of aryl methyl sites for hydroxylation is 2. The lowest BCUT2D eigenvalue weighted by Gasteiger charge is -2.12. The molecule has 1 aromatic carbocycles. The van der Waals surface area contributed by atoms with Crippen LogP contribution in [0.5, 0.6) is 5.75 Å². The van der Waals surface area contributed by atoms with Crippen LogP contribution < -0.4 is 9.88 Å². The zero-order valence-electron chi connectivity index (χ0n) is 12.0. The van der Waals surface area contributed by atoms with Crippen LogP contribution in [0.15, 0.2) is 18.2 Å². The molecule has 1 aromatic rings. The molecular formula is C15H23NO3S. The van der Waals surface area contributed by atoms with Gasteiger partial charge in [0.05, 0.1) is 12.4 Å². The summed E-state index contributed by atoms with van der Waals surface area (Å²) >= 11 is 0. The molecule has 1 aliphatic rings. The van der Waals surface area contributed by atoms with Gasteiger partial charge < -0.3 is 4.74 Å². The van der Waals surface area contributed by atoms with E-state index in [1.54, 1.807) is 0 Å². The third-order valence-electron chi connectivity index (χ3n) is 3.84. The fourth-order valence-electron chi connectivity index (χ4n) is 2.53. The Bertz CT molecular complexity index is 554. The van der Waals surface area contributed by atoms with E-state index in [4.69, 9.17) is 9.88 Å². The highest BCUT2D eigenvalue weighted by atomic mass is 32.2. The Hall–Kier alpha value is -1.07. The molecule has 0 aromatic heterocycles. The maximum atomic E-state index is 10.9. The van der Waals surface area contributed by atoms with Gasteiger partial charge in [-0.2, -0.15) is 0 Å². The van der Waals surface area contributed by atoms with Crippen molar-refractivity contribution in [3.8, 4) is 5.75 Å². The fraction of sp³-hybridized carbons (Fsp3) is 0.600. The monoisotopic (exact) mass is 297 g/mol. The quantitative estimate of drug-likeness (QED) is 0.839. The van der Waals surface area contributed by atoms with E-state index in [2.05, 4.69) is 12.1 Å². The smallest absolute Gasteiger partial charge is 0.209 e. The highest BCUT2D eigenvalue weighted by Gasteiger charge is 2.12. The van der Waals surface area contributed by atoms with Crippen LogP contribution in [-0.4, -0.2) is 20.8 Å². The molecule has 4 nitrogen and oxygen atoms in total. The number of rotatable bonds is 7. The van der Waals surface area contributed by atoms with Gasteiger partial charge in [-0.15, -0.1) is 0 Å². The number of ether oxygens (including phenoxy) is 1. The normalized spacial score (nSPS) is 15.9. The Kier molecular flexibility index (Phi) is 5.05. The Balaban J connectivity index is 1.73. The molecule has 0 aliphatic heterocycles. The second-order valence-corrected chi connectivity index (χ2v) is 7.42. The molecule has 0 bridgehead atoms. The van der Waals surface area contributed by atoms with Crippen molar-refractivity contribution in [2.45, 2.75) is 39.0 Å². The summed E-state index contributed by atoms with van der Waals surface area (Å²) in [4.78, 5) is 0. The van der Waals surface area contributed by atoms with Gasteiger partial charge in [0.25, 0.3) is 0 Å². The van der Waals surface area contributed by atoms with E-state index >= 15 is 0 Å². The molecule has 0 saturated carbocycles. The van der Waals surface area contributed by atoms with Gasteiger partial charge in [-0.3, -0.25) is 0 Å². The number of hydrogen-bond donors (Lipinski definition) is 1. The summed E-state index contributed by atoms with van der Waals surface area (Å²) in [5.41, 5.74) is 2.85. The second-order valence-electron chi connectivity index (χ2n) is 5.68. The van der Waals surface area contributed by atoms with E-state index in [-0.39, 0.29) is 5.75 Å². The molecule has 0 heterocycles. The molecule has 1 atom stereocenters. The molecule has 20 heavy (non-hydrogen) atoms. The van der Waals surface area contributed by atoms with Crippen molar-refractivity contribution in [3.63, 3.8) is 0 Å². The van der Waals surface area contributed by atoms with E-state index in [1.165, 1.54) is 24.0 Å². The van der Waals surface area contributed by atoms with Gasteiger partial charge in [-0.05, 0) is 61.3 Å². The van der Waals surface area contributed by atoms with Crippen molar-refractivity contribution in [2.24, 2.45) is 11.1 Å². The molecule has 5 heteroatoms. The van der Waals surface area contributed by atoms with Crippen molar-refractivity contribution < 1.29 is 13.2 Å². The molecule has 2 N–H and O–H groups in total. The lowest BCUT2D eigenvalue weighted by atomic mass is 10.1. The molecule has 0 spiro atoms. The summed E-state index contributed by atoms with van der Waals surface area (Å²) in [5.74, 6) is 1.26. The Morgan fingerprint density at radius 2 is 2.00 bits per heavy atom. The summed E-state index contributed by atoms with van der Waals surface area (Å²) in [6.45, 7) is 2.64. The minimum absolute atomic E-state index is 0.0486. The van der Waals surface area contributed by atoms with E-state index in [1.807, 2.05) is 13.0 Å². The number of hydrogen-bond acceptors (Lipinski definition) is 3. The summed E-state index contributed by atoms with van der Waals surface area (Å²) in [7, 11) is -3.34. The van der Waals surface area contributed by atoms with Crippen molar-refractivity contribution >= 4 is 10.0 Å². The van der Waals surface area contributed by atoms with Crippen LogP contribution in [-0.2, 0) is 22.9 Å². The summed E-state index contributed by atoms with van der Waals surface area (Å²) in [6.07, 6.45) is 5.00. The molecule has 0 saturated heterocycles. The van der Waals surface area contributed by atoms with Crippen LogP contribution in [0.2, 0.25) is 0 Å². The number of fused-ring (bicyclic) bond motifs is 1. The first-order valence-corrected chi connectivity index (χ1v) is 8.90. The zero-order valence-corrected chi connectivity index (χ0v) is 12.8. The first-order chi connectivity index (χ1) is 9.44. The summed E-state index contributed by atoms with van der Waals surface area (Å²) in [6, 6.07) is 6.32.